The lowest BCUT2D eigenvalue weighted by Gasteiger charge is -2.23. The van der Waals surface area contributed by atoms with Crippen LogP contribution in [0.25, 0.3) is 0 Å². The monoisotopic (exact) mass is 566 g/mol. The van der Waals surface area contributed by atoms with Gasteiger partial charge in [-0.3, -0.25) is 19.6 Å². The number of nitro groups is 1. The molecule has 0 bridgehead atoms. The van der Waals surface area contributed by atoms with Crippen molar-refractivity contribution >= 4 is 48.7 Å². The number of anilines is 3. The van der Waals surface area contributed by atoms with Gasteiger partial charge in [-0.1, -0.05) is 48.5 Å². The molecule has 1 amide bonds. The summed E-state index contributed by atoms with van der Waals surface area (Å²) in [5.74, 6) is -0.800. The first-order chi connectivity index (χ1) is 18.6. The van der Waals surface area contributed by atoms with Crippen LogP contribution in [-0.4, -0.2) is 34.2 Å². The SMILES string of the molecule is O=C(CN(c1ccccc1[N+](=O)[O-])S(=O)(=O)c1ccccc1)Nc1ccc(S(=O)(=O)Nc2ccccc2)cc1. The fraction of sp³-hybridized carbons (Fsp3) is 0.0385. The number of nitrogens with one attached hydrogen (secondary N) is 2. The molecule has 0 saturated carbocycles. The van der Waals surface area contributed by atoms with E-state index in [1.165, 1.54) is 66.7 Å². The van der Waals surface area contributed by atoms with Crippen molar-refractivity contribution in [2.45, 2.75) is 9.79 Å². The van der Waals surface area contributed by atoms with Gasteiger partial charge in [0.25, 0.3) is 25.7 Å². The quantitative estimate of drug-likeness (QED) is 0.215. The van der Waals surface area contributed by atoms with Crippen LogP contribution in [0.4, 0.5) is 22.7 Å². The third-order valence-corrected chi connectivity index (χ3v) is 8.61. The molecule has 2 N–H and O–H groups in total. The standard InChI is InChI=1S/C26H22N4O7S2/c31-26(27-20-15-17-22(18-16-20)38(34,35)28-21-9-3-1-4-10-21)19-29(24-13-7-8-14-25(24)30(32)33)39(36,37)23-11-5-2-6-12-23/h1-18,28H,19H2,(H,27,31). The Hall–Kier alpha value is -4.75. The van der Waals surface area contributed by atoms with Gasteiger partial charge in [0.05, 0.1) is 14.7 Å². The summed E-state index contributed by atoms with van der Waals surface area (Å²) in [5, 5.41) is 14.1. The van der Waals surface area contributed by atoms with Crippen molar-refractivity contribution in [3.05, 3.63) is 119 Å². The average Bonchev–Trinajstić information content (AvgIpc) is 2.93. The molecule has 0 aliphatic carbocycles. The minimum Gasteiger partial charge on any atom is -0.325 e. The Labute approximate surface area is 225 Å². The Balaban J connectivity index is 1.58. The zero-order valence-corrected chi connectivity index (χ0v) is 21.8. The summed E-state index contributed by atoms with van der Waals surface area (Å²) in [6, 6.07) is 26.0. The first kappa shape index (κ1) is 27.3. The van der Waals surface area contributed by atoms with E-state index in [0.717, 1.165) is 6.07 Å². The van der Waals surface area contributed by atoms with Gasteiger partial charge in [0.2, 0.25) is 5.91 Å². The predicted molar refractivity (Wildman–Crippen MR) is 146 cm³/mol. The fourth-order valence-corrected chi connectivity index (χ4v) is 6.13. The first-order valence-corrected chi connectivity index (χ1v) is 14.3. The summed E-state index contributed by atoms with van der Waals surface area (Å²) in [6.45, 7) is -0.780. The van der Waals surface area contributed by atoms with Crippen LogP contribution in [0.3, 0.4) is 0 Å². The number of carbonyl (C=O) groups is 1. The molecule has 0 aliphatic heterocycles. The summed E-state index contributed by atoms with van der Waals surface area (Å²) >= 11 is 0. The number of carbonyl (C=O) groups excluding carboxylic acids is 1. The third-order valence-electron chi connectivity index (χ3n) is 5.44. The van der Waals surface area contributed by atoms with Gasteiger partial charge in [0.15, 0.2) is 0 Å². The molecule has 39 heavy (non-hydrogen) atoms. The number of benzene rings is 4. The van der Waals surface area contributed by atoms with Gasteiger partial charge in [-0.15, -0.1) is 0 Å². The van der Waals surface area contributed by atoms with Crippen LogP contribution >= 0.6 is 0 Å². The van der Waals surface area contributed by atoms with Crippen molar-refractivity contribution in [3.63, 3.8) is 0 Å². The Morgan fingerprint density at radius 2 is 1.28 bits per heavy atom. The molecule has 4 rings (SSSR count). The topological polar surface area (TPSA) is 156 Å². The van der Waals surface area contributed by atoms with E-state index in [1.54, 1.807) is 36.4 Å². The normalized spacial score (nSPS) is 11.4. The van der Waals surface area contributed by atoms with Crippen LogP contribution in [0.1, 0.15) is 0 Å². The van der Waals surface area contributed by atoms with Gasteiger partial charge < -0.3 is 5.32 Å². The Morgan fingerprint density at radius 1 is 0.718 bits per heavy atom. The molecule has 13 heteroatoms. The molecule has 0 radical (unpaired) electrons. The van der Waals surface area contributed by atoms with Crippen molar-refractivity contribution < 1.29 is 26.6 Å². The Bertz CT molecular complexity index is 1700. The predicted octanol–water partition coefficient (Wildman–Crippen LogP) is 4.23. The van der Waals surface area contributed by atoms with Crippen LogP contribution in [-0.2, 0) is 24.8 Å². The van der Waals surface area contributed by atoms with E-state index in [-0.39, 0.29) is 21.2 Å². The highest BCUT2D eigenvalue weighted by atomic mass is 32.2. The largest absolute Gasteiger partial charge is 0.325 e. The molecule has 0 aliphatic rings. The molecule has 4 aromatic rings. The number of para-hydroxylation sites is 3. The maximum atomic E-state index is 13.5. The minimum atomic E-state index is -4.37. The second-order valence-electron chi connectivity index (χ2n) is 8.11. The smallest absolute Gasteiger partial charge is 0.293 e. The van der Waals surface area contributed by atoms with Crippen LogP contribution in [0.15, 0.2) is 119 Å². The fourth-order valence-electron chi connectivity index (χ4n) is 3.62. The van der Waals surface area contributed by atoms with Gasteiger partial charge in [0.1, 0.15) is 12.2 Å². The number of hydrogen-bond acceptors (Lipinski definition) is 7. The maximum Gasteiger partial charge on any atom is 0.293 e. The van der Waals surface area contributed by atoms with Gasteiger partial charge in [-0.05, 0) is 54.6 Å². The number of nitro benzene ring substituents is 1. The highest BCUT2D eigenvalue weighted by Gasteiger charge is 2.32. The second-order valence-corrected chi connectivity index (χ2v) is 11.7. The average molecular weight is 567 g/mol. The van der Waals surface area contributed by atoms with E-state index >= 15 is 0 Å². The molecule has 0 unspecified atom stereocenters. The number of rotatable bonds is 10. The summed E-state index contributed by atoms with van der Waals surface area (Å²) in [5.41, 5.74) is -0.205. The third kappa shape index (κ3) is 6.40. The number of amides is 1. The van der Waals surface area contributed by atoms with Gasteiger partial charge in [-0.25, -0.2) is 21.1 Å². The molecule has 0 fully saturated rings. The Kier molecular flexibility index (Phi) is 7.93. The van der Waals surface area contributed by atoms with Crippen molar-refractivity contribution in [2.75, 3.05) is 20.9 Å². The zero-order chi connectivity index (χ0) is 28.0. The molecule has 0 atom stereocenters. The van der Waals surface area contributed by atoms with Gasteiger partial charge in [-0.2, -0.15) is 0 Å². The number of hydrogen-bond donors (Lipinski definition) is 2. The van der Waals surface area contributed by atoms with E-state index in [1.807, 2.05) is 0 Å². The first-order valence-electron chi connectivity index (χ1n) is 11.4. The molecule has 0 heterocycles. The summed E-state index contributed by atoms with van der Waals surface area (Å²) in [7, 11) is -8.26. The summed E-state index contributed by atoms with van der Waals surface area (Å²) in [4.78, 5) is 23.6. The van der Waals surface area contributed by atoms with Crippen LogP contribution in [0, 0.1) is 10.1 Å². The highest BCUT2D eigenvalue weighted by molar-refractivity contribution is 7.93. The second kappa shape index (κ2) is 11.3. The van der Waals surface area contributed by atoms with Crippen molar-refractivity contribution in [1.29, 1.82) is 0 Å². The van der Waals surface area contributed by atoms with Gasteiger partial charge >= 0.3 is 0 Å². The summed E-state index contributed by atoms with van der Waals surface area (Å²) < 4.78 is 55.3. The molecule has 4 aromatic carbocycles. The van der Waals surface area contributed by atoms with Crippen molar-refractivity contribution in [1.82, 2.24) is 0 Å². The lowest BCUT2D eigenvalue weighted by atomic mass is 10.2. The lowest BCUT2D eigenvalue weighted by molar-refractivity contribution is -0.384. The van der Waals surface area contributed by atoms with Crippen LogP contribution in [0.5, 0.6) is 0 Å². The molecule has 11 nitrogen and oxygen atoms in total. The molecule has 200 valence electrons. The maximum absolute atomic E-state index is 13.5. The number of sulfonamides is 2. The molecular weight excluding hydrogens is 544 g/mol. The molecule has 0 saturated heterocycles. The van der Waals surface area contributed by atoms with Crippen molar-refractivity contribution in [3.8, 4) is 0 Å². The van der Waals surface area contributed by atoms with Crippen LogP contribution in [0.2, 0.25) is 0 Å². The van der Waals surface area contributed by atoms with E-state index < -0.39 is 43.1 Å². The van der Waals surface area contributed by atoms with E-state index in [0.29, 0.717) is 9.99 Å². The molecule has 0 spiro atoms. The van der Waals surface area contributed by atoms with Gasteiger partial charge in [0, 0.05) is 17.4 Å². The van der Waals surface area contributed by atoms with E-state index in [4.69, 9.17) is 0 Å². The van der Waals surface area contributed by atoms with Crippen molar-refractivity contribution in [2.24, 2.45) is 0 Å². The number of nitrogens with zero attached hydrogens (tertiary/aromatic N) is 2. The summed E-state index contributed by atoms with van der Waals surface area (Å²) in [6.07, 6.45) is 0. The van der Waals surface area contributed by atoms with Crippen LogP contribution < -0.4 is 14.3 Å². The molecule has 0 aromatic heterocycles. The molecular formula is C26H22N4O7S2. The highest BCUT2D eigenvalue weighted by Crippen LogP contribution is 2.32. The Morgan fingerprint density at radius 3 is 1.90 bits per heavy atom. The van der Waals surface area contributed by atoms with E-state index in [2.05, 4.69) is 10.0 Å². The minimum absolute atomic E-state index is 0.0578. The zero-order valence-electron chi connectivity index (χ0n) is 20.2. The van der Waals surface area contributed by atoms with E-state index in [9.17, 15) is 31.7 Å². The lowest BCUT2D eigenvalue weighted by Crippen LogP contribution is -2.38.